The first kappa shape index (κ1) is 18.9. The van der Waals surface area contributed by atoms with E-state index in [2.05, 4.69) is 20.7 Å². The fraction of sp³-hybridized carbons (Fsp3) is 0.200. The Morgan fingerprint density at radius 3 is 2.42 bits per heavy atom. The van der Waals surface area contributed by atoms with Gasteiger partial charge in [-0.15, -0.1) is 0 Å². The summed E-state index contributed by atoms with van der Waals surface area (Å²) in [5.41, 5.74) is 0.716. The van der Waals surface area contributed by atoms with Gasteiger partial charge in [0.15, 0.2) is 9.84 Å². The lowest BCUT2D eigenvalue weighted by Crippen LogP contribution is -2.24. The zero-order valence-electron chi connectivity index (χ0n) is 13.0. The van der Waals surface area contributed by atoms with E-state index in [4.69, 9.17) is 4.74 Å². The van der Waals surface area contributed by atoms with Gasteiger partial charge in [0.2, 0.25) is 10.0 Å². The highest BCUT2D eigenvalue weighted by atomic mass is 79.9. The molecule has 0 heterocycles. The Hall–Kier alpha value is -1.42. The van der Waals surface area contributed by atoms with Gasteiger partial charge in [-0.05, 0) is 51.8 Å². The van der Waals surface area contributed by atoms with Gasteiger partial charge in [0.05, 0.1) is 16.9 Å². The molecule has 0 radical (unpaired) electrons. The molecule has 0 bridgehead atoms. The molecule has 24 heavy (non-hydrogen) atoms. The van der Waals surface area contributed by atoms with E-state index < -0.39 is 19.9 Å². The van der Waals surface area contributed by atoms with Crippen LogP contribution in [0.2, 0.25) is 0 Å². The number of rotatable bonds is 6. The Bertz CT molecular complexity index is 956. The number of sulfone groups is 1. The van der Waals surface area contributed by atoms with Crippen molar-refractivity contribution in [1.82, 2.24) is 4.72 Å². The van der Waals surface area contributed by atoms with Crippen LogP contribution in [0.3, 0.4) is 0 Å². The molecule has 0 aliphatic rings. The number of methoxy groups -OCH3 is 1. The molecule has 2 rings (SSSR count). The SMILES string of the molecule is COc1cccc(CNS(=O)(=O)c2cc(S(C)(=O)=O)ccc2Br)c1. The zero-order chi connectivity index (χ0) is 18.0. The highest BCUT2D eigenvalue weighted by molar-refractivity contribution is 9.10. The molecular formula is C15H16BrNO5S2. The molecule has 1 N–H and O–H groups in total. The number of nitrogens with one attached hydrogen (secondary N) is 1. The quantitative estimate of drug-likeness (QED) is 0.754. The van der Waals surface area contributed by atoms with Gasteiger partial charge < -0.3 is 4.74 Å². The van der Waals surface area contributed by atoms with Gasteiger partial charge in [0.1, 0.15) is 5.75 Å². The van der Waals surface area contributed by atoms with Crippen LogP contribution in [0, 0.1) is 0 Å². The van der Waals surface area contributed by atoms with Crippen LogP contribution in [0.4, 0.5) is 0 Å². The molecule has 6 nitrogen and oxygen atoms in total. The van der Waals surface area contributed by atoms with Crippen molar-refractivity contribution in [2.75, 3.05) is 13.4 Å². The summed E-state index contributed by atoms with van der Waals surface area (Å²) >= 11 is 3.15. The second kappa shape index (κ2) is 7.22. The number of hydrogen-bond acceptors (Lipinski definition) is 5. The highest BCUT2D eigenvalue weighted by Crippen LogP contribution is 2.25. The van der Waals surface area contributed by atoms with Crippen LogP contribution >= 0.6 is 15.9 Å². The van der Waals surface area contributed by atoms with Gasteiger partial charge >= 0.3 is 0 Å². The molecule has 0 aliphatic carbocycles. The fourth-order valence-corrected chi connectivity index (χ4v) is 4.69. The van der Waals surface area contributed by atoms with Crippen LogP contribution in [-0.2, 0) is 26.4 Å². The Balaban J connectivity index is 2.30. The Labute approximate surface area is 150 Å². The molecular weight excluding hydrogens is 418 g/mol. The van der Waals surface area contributed by atoms with Crippen LogP contribution < -0.4 is 9.46 Å². The van der Waals surface area contributed by atoms with Crippen LogP contribution in [0.25, 0.3) is 0 Å². The lowest BCUT2D eigenvalue weighted by atomic mass is 10.2. The molecule has 9 heteroatoms. The van der Waals surface area contributed by atoms with E-state index in [1.807, 2.05) is 0 Å². The Morgan fingerprint density at radius 2 is 1.79 bits per heavy atom. The van der Waals surface area contributed by atoms with Crippen molar-refractivity contribution in [3.63, 3.8) is 0 Å². The van der Waals surface area contributed by atoms with Crippen molar-refractivity contribution in [1.29, 1.82) is 0 Å². The van der Waals surface area contributed by atoms with Crippen molar-refractivity contribution in [2.45, 2.75) is 16.3 Å². The molecule has 0 saturated heterocycles. The van der Waals surface area contributed by atoms with Crippen LogP contribution in [0.15, 0.2) is 56.7 Å². The summed E-state index contributed by atoms with van der Waals surface area (Å²) in [6, 6.07) is 10.9. The van der Waals surface area contributed by atoms with E-state index in [-0.39, 0.29) is 20.8 Å². The second-order valence-electron chi connectivity index (χ2n) is 5.04. The van der Waals surface area contributed by atoms with E-state index in [0.29, 0.717) is 11.3 Å². The number of sulfonamides is 1. The Kier molecular flexibility index (Phi) is 5.69. The van der Waals surface area contributed by atoms with Gasteiger partial charge in [0, 0.05) is 17.3 Å². The third-order valence-corrected chi connectivity index (χ3v) is 6.73. The lowest BCUT2D eigenvalue weighted by molar-refractivity contribution is 0.414. The van der Waals surface area contributed by atoms with E-state index in [1.165, 1.54) is 19.2 Å². The first-order valence-corrected chi connectivity index (χ1v) is 10.9. The molecule has 2 aromatic rings. The summed E-state index contributed by atoms with van der Waals surface area (Å²) in [5.74, 6) is 0.618. The number of ether oxygens (including phenoxy) is 1. The molecule has 0 aromatic heterocycles. The first-order valence-electron chi connectivity index (χ1n) is 6.76. The molecule has 0 amide bonds. The monoisotopic (exact) mass is 433 g/mol. The minimum Gasteiger partial charge on any atom is -0.497 e. The number of hydrogen-bond donors (Lipinski definition) is 1. The molecule has 0 spiro atoms. The van der Waals surface area contributed by atoms with E-state index >= 15 is 0 Å². The fourth-order valence-electron chi connectivity index (χ4n) is 1.96. The minimum absolute atomic E-state index is 0.0507. The summed E-state index contributed by atoms with van der Waals surface area (Å²) in [6.45, 7) is 0.0507. The summed E-state index contributed by atoms with van der Waals surface area (Å²) in [6.07, 6.45) is 1.02. The van der Waals surface area contributed by atoms with Crippen LogP contribution in [0.5, 0.6) is 5.75 Å². The topological polar surface area (TPSA) is 89.5 Å². The van der Waals surface area contributed by atoms with Gasteiger partial charge in [-0.3, -0.25) is 0 Å². The molecule has 0 saturated carbocycles. The maximum absolute atomic E-state index is 12.5. The predicted octanol–water partition coefficient (Wildman–Crippen LogP) is 2.34. The van der Waals surface area contributed by atoms with E-state index in [9.17, 15) is 16.8 Å². The minimum atomic E-state index is -3.89. The van der Waals surface area contributed by atoms with Gasteiger partial charge in [-0.1, -0.05) is 12.1 Å². The summed E-state index contributed by atoms with van der Waals surface area (Å²) in [4.78, 5) is -0.194. The number of benzene rings is 2. The summed E-state index contributed by atoms with van der Waals surface area (Å²) < 4.78 is 56.1. The Morgan fingerprint density at radius 1 is 1.08 bits per heavy atom. The van der Waals surface area contributed by atoms with Crippen molar-refractivity contribution in [2.24, 2.45) is 0 Å². The number of halogens is 1. The lowest BCUT2D eigenvalue weighted by Gasteiger charge is -2.10. The molecule has 0 fully saturated rings. The second-order valence-corrected chi connectivity index (χ2v) is 9.65. The van der Waals surface area contributed by atoms with E-state index in [0.717, 1.165) is 12.3 Å². The smallest absolute Gasteiger partial charge is 0.242 e. The third kappa shape index (κ3) is 4.56. The average molecular weight is 434 g/mol. The van der Waals surface area contributed by atoms with Gasteiger partial charge in [-0.2, -0.15) is 0 Å². The summed E-state index contributed by atoms with van der Waals surface area (Å²) in [7, 11) is -5.88. The predicted molar refractivity (Wildman–Crippen MR) is 94.3 cm³/mol. The van der Waals surface area contributed by atoms with Crippen LogP contribution in [-0.4, -0.2) is 30.2 Å². The maximum Gasteiger partial charge on any atom is 0.242 e. The van der Waals surface area contributed by atoms with Crippen molar-refractivity contribution < 1.29 is 21.6 Å². The highest BCUT2D eigenvalue weighted by Gasteiger charge is 2.20. The summed E-state index contributed by atoms with van der Waals surface area (Å²) in [5, 5.41) is 0. The average Bonchev–Trinajstić information content (AvgIpc) is 2.52. The molecule has 0 atom stereocenters. The first-order chi connectivity index (χ1) is 11.1. The van der Waals surface area contributed by atoms with Crippen molar-refractivity contribution in [3.8, 4) is 5.75 Å². The standard InChI is InChI=1S/C15H16BrNO5S2/c1-22-12-5-3-4-11(8-12)10-17-24(20,21)15-9-13(23(2,18)19)6-7-14(15)16/h3-9,17H,10H2,1-2H3. The van der Waals surface area contributed by atoms with Gasteiger partial charge in [0.25, 0.3) is 0 Å². The molecule has 0 aliphatic heterocycles. The third-order valence-electron chi connectivity index (χ3n) is 3.22. The molecule has 130 valence electrons. The van der Waals surface area contributed by atoms with Crippen LogP contribution in [0.1, 0.15) is 5.56 Å². The van der Waals surface area contributed by atoms with Crippen molar-refractivity contribution >= 4 is 35.8 Å². The van der Waals surface area contributed by atoms with Gasteiger partial charge in [-0.25, -0.2) is 21.6 Å². The van der Waals surface area contributed by atoms with Crippen molar-refractivity contribution in [3.05, 3.63) is 52.5 Å². The molecule has 0 unspecified atom stereocenters. The normalized spacial score (nSPS) is 12.1. The largest absolute Gasteiger partial charge is 0.497 e. The maximum atomic E-state index is 12.5. The zero-order valence-corrected chi connectivity index (χ0v) is 16.2. The molecule has 2 aromatic carbocycles. The van der Waals surface area contributed by atoms with E-state index in [1.54, 1.807) is 24.3 Å².